The smallest absolute Gasteiger partial charge is 0.123 e. The van der Waals surface area contributed by atoms with Crippen molar-refractivity contribution in [2.24, 2.45) is 5.73 Å². The van der Waals surface area contributed by atoms with Crippen molar-refractivity contribution < 1.29 is 4.39 Å². The van der Waals surface area contributed by atoms with Gasteiger partial charge in [0.1, 0.15) is 5.82 Å². The standard InChI is InChI=1S/C10H12FN.ClH/c11-9-3-1-2-8(6-9)7-10(12)4-5-10;/h1-3,6H,4-5,7,12H2;1H. The summed E-state index contributed by atoms with van der Waals surface area (Å²) in [6, 6.07) is 6.68. The van der Waals surface area contributed by atoms with Crippen LogP contribution in [0.25, 0.3) is 0 Å². The fourth-order valence-corrected chi connectivity index (χ4v) is 1.39. The molecule has 1 aliphatic rings. The highest BCUT2D eigenvalue weighted by Gasteiger charge is 2.37. The zero-order chi connectivity index (χ0) is 8.60. The van der Waals surface area contributed by atoms with E-state index in [0.717, 1.165) is 24.8 Å². The minimum atomic E-state index is -0.170. The minimum Gasteiger partial charge on any atom is -0.325 e. The molecule has 0 heterocycles. The van der Waals surface area contributed by atoms with Crippen molar-refractivity contribution in [1.29, 1.82) is 0 Å². The van der Waals surface area contributed by atoms with Crippen LogP contribution in [0.15, 0.2) is 24.3 Å². The fourth-order valence-electron chi connectivity index (χ4n) is 1.39. The molecular formula is C10H13ClFN. The highest BCUT2D eigenvalue weighted by atomic mass is 35.5. The molecule has 3 heteroatoms. The second kappa shape index (κ2) is 3.64. The molecule has 72 valence electrons. The van der Waals surface area contributed by atoms with Gasteiger partial charge in [-0.2, -0.15) is 0 Å². The summed E-state index contributed by atoms with van der Waals surface area (Å²) in [5, 5.41) is 0. The highest BCUT2D eigenvalue weighted by Crippen LogP contribution is 2.35. The van der Waals surface area contributed by atoms with Crippen molar-refractivity contribution in [3.05, 3.63) is 35.6 Å². The maximum atomic E-state index is 12.7. The third-order valence-corrected chi connectivity index (χ3v) is 2.34. The number of benzene rings is 1. The largest absolute Gasteiger partial charge is 0.325 e. The lowest BCUT2D eigenvalue weighted by atomic mass is 10.1. The maximum absolute atomic E-state index is 12.7. The van der Waals surface area contributed by atoms with Gasteiger partial charge in [0.2, 0.25) is 0 Å². The van der Waals surface area contributed by atoms with Crippen molar-refractivity contribution in [3.8, 4) is 0 Å². The van der Waals surface area contributed by atoms with Crippen LogP contribution in [0, 0.1) is 5.82 Å². The zero-order valence-electron chi connectivity index (χ0n) is 7.29. The molecule has 1 saturated carbocycles. The molecule has 0 bridgehead atoms. The highest BCUT2D eigenvalue weighted by molar-refractivity contribution is 5.85. The summed E-state index contributed by atoms with van der Waals surface area (Å²) < 4.78 is 12.7. The van der Waals surface area contributed by atoms with Gasteiger partial charge in [0.05, 0.1) is 0 Å². The first-order valence-corrected chi connectivity index (χ1v) is 4.21. The van der Waals surface area contributed by atoms with Crippen molar-refractivity contribution in [1.82, 2.24) is 0 Å². The van der Waals surface area contributed by atoms with E-state index in [0.29, 0.717) is 0 Å². The molecule has 0 aromatic heterocycles. The Morgan fingerprint density at radius 1 is 1.38 bits per heavy atom. The van der Waals surface area contributed by atoms with E-state index in [1.807, 2.05) is 6.07 Å². The Kier molecular flexibility index (Phi) is 2.94. The summed E-state index contributed by atoms with van der Waals surface area (Å²) in [4.78, 5) is 0. The van der Waals surface area contributed by atoms with Crippen LogP contribution < -0.4 is 5.73 Å². The molecule has 2 rings (SSSR count). The minimum absolute atomic E-state index is 0. The molecular weight excluding hydrogens is 189 g/mol. The molecule has 1 aliphatic carbocycles. The van der Waals surface area contributed by atoms with Crippen molar-refractivity contribution in [2.45, 2.75) is 24.8 Å². The molecule has 13 heavy (non-hydrogen) atoms. The number of halogens is 2. The number of rotatable bonds is 2. The Morgan fingerprint density at radius 2 is 2.08 bits per heavy atom. The van der Waals surface area contributed by atoms with Crippen LogP contribution in [0.5, 0.6) is 0 Å². The van der Waals surface area contributed by atoms with Crippen LogP contribution in [0.2, 0.25) is 0 Å². The van der Waals surface area contributed by atoms with Crippen LogP contribution in [0.4, 0.5) is 4.39 Å². The third-order valence-electron chi connectivity index (χ3n) is 2.34. The summed E-state index contributed by atoms with van der Waals surface area (Å²) in [5.74, 6) is -0.170. The van der Waals surface area contributed by atoms with Crippen molar-refractivity contribution >= 4 is 12.4 Å². The first kappa shape index (κ1) is 10.5. The Balaban J connectivity index is 0.000000845. The summed E-state index contributed by atoms with van der Waals surface area (Å²) in [7, 11) is 0. The lowest BCUT2D eigenvalue weighted by Gasteiger charge is -2.07. The Hall–Kier alpha value is -0.600. The molecule has 1 aromatic carbocycles. The molecule has 2 N–H and O–H groups in total. The molecule has 0 saturated heterocycles. The topological polar surface area (TPSA) is 26.0 Å². The van der Waals surface area contributed by atoms with Gasteiger partial charge in [0.15, 0.2) is 0 Å². The van der Waals surface area contributed by atoms with Gasteiger partial charge in [-0.1, -0.05) is 12.1 Å². The number of nitrogens with two attached hydrogens (primary N) is 1. The van der Waals surface area contributed by atoms with Crippen molar-refractivity contribution in [2.75, 3.05) is 0 Å². The third kappa shape index (κ3) is 2.68. The number of hydrogen-bond acceptors (Lipinski definition) is 1. The van der Waals surface area contributed by atoms with Crippen LogP contribution in [0.3, 0.4) is 0 Å². The molecule has 0 amide bonds. The monoisotopic (exact) mass is 201 g/mol. The van der Waals surface area contributed by atoms with E-state index in [-0.39, 0.29) is 23.8 Å². The summed E-state index contributed by atoms with van der Waals surface area (Å²) in [5.41, 5.74) is 6.90. The molecule has 0 atom stereocenters. The van der Waals surface area contributed by atoms with Crippen LogP contribution >= 0.6 is 12.4 Å². The van der Waals surface area contributed by atoms with Gasteiger partial charge in [-0.25, -0.2) is 4.39 Å². The van der Waals surface area contributed by atoms with Gasteiger partial charge in [0.25, 0.3) is 0 Å². The van der Waals surface area contributed by atoms with E-state index in [1.54, 1.807) is 12.1 Å². The SMILES string of the molecule is Cl.NC1(Cc2cccc(F)c2)CC1. The average Bonchev–Trinajstić information content (AvgIpc) is 2.67. The molecule has 0 unspecified atom stereocenters. The molecule has 0 radical (unpaired) electrons. The summed E-state index contributed by atoms with van der Waals surface area (Å²) >= 11 is 0. The lowest BCUT2D eigenvalue weighted by Crippen LogP contribution is -2.24. The van der Waals surface area contributed by atoms with Gasteiger partial charge in [0, 0.05) is 5.54 Å². The van der Waals surface area contributed by atoms with E-state index >= 15 is 0 Å². The van der Waals surface area contributed by atoms with E-state index < -0.39 is 0 Å². The first-order chi connectivity index (χ1) is 5.68. The predicted molar refractivity (Wildman–Crippen MR) is 53.5 cm³/mol. The van der Waals surface area contributed by atoms with Crippen LogP contribution in [-0.2, 0) is 6.42 Å². The molecule has 1 aromatic rings. The van der Waals surface area contributed by atoms with E-state index in [4.69, 9.17) is 5.73 Å². The number of hydrogen-bond donors (Lipinski definition) is 1. The first-order valence-electron chi connectivity index (χ1n) is 4.21. The van der Waals surface area contributed by atoms with E-state index in [9.17, 15) is 4.39 Å². The Morgan fingerprint density at radius 3 is 2.62 bits per heavy atom. The van der Waals surface area contributed by atoms with Crippen LogP contribution in [-0.4, -0.2) is 5.54 Å². The second-order valence-corrected chi connectivity index (χ2v) is 3.67. The van der Waals surface area contributed by atoms with Gasteiger partial charge >= 0.3 is 0 Å². The van der Waals surface area contributed by atoms with Gasteiger partial charge < -0.3 is 5.73 Å². The van der Waals surface area contributed by atoms with E-state index in [1.165, 1.54) is 6.07 Å². The van der Waals surface area contributed by atoms with Gasteiger partial charge in [-0.3, -0.25) is 0 Å². The van der Waals surface area contributed by atoms with Gasteiger partial charge in [-0.15, -0.1) is 12.4 Å². The quantitative estimate of drug-likeness (QED) is 0.781. The molecule has 0 spiro atoms. The second-order valence-electron chi connectivity index (χ2n) is 3.67. The van der Waals surface area contributed by atoms with Crippen LogP contribution in [0.1, 0.15) is 18.4 Å². The fraction of sp³-hybridized carbons (Fsp3) is 0.400. The molecule has 1 fully saturated rings. The average molecular weight is 202 g/mol. The van der Waals surface area contributed by atoms with E-state index in [2.05, 4.69) is 0 Å². The molecule has 1 nitrogen and oxygen atoms in total. The van der Waals surface area contributed by atoms with Crippen molar-refractivity contribution in [3.63, 3.8) is 0 Å². The predicted octanol–water partition coefficient (Wildman–Crippen LogP) is 2.28. The Bertz CT molecular complexity index is 297. The lowest BCUT2D eigenvalue weighted by molar-refractivity contribution is 0.618. The summed E-state index contributed by atoms with van der Waals surface area (Å²) in [6.07, 6.45) is 2.96. The normalized spacial score (nSPS) is 17.7. The maximum Gasteiger partial charge on any atom is 0.123 e. The summed E-state index contributed by atoms with van der Waals surface area (Å²) in [6.45, 7) is 0. The molecule has 0 aliphatic heterocycles. The van der Waals surface area contributed by atoms with Gasteiger partial charge in [-0.05, 0) is 37.0 Å². The zero-order valence-corrected chi connectivity index (χ0v) is 8.11. The Labute approximate surface area is 83.5 Å².